The molecule has 0 aromatic rings. The molecule has 0 aliphatic rings. The van der Waals surface area contributed by atoms with Crippen LogP contribution in [0.2, 0.25) is 6.04 Å². The normalized spacial score (nSPS) is 12.8. The van der Waals surface area contributed by atoms with E-state index in [2.05, 4.69) is 19.2 Å². The number of unbranched alkanes of at least 4 members (excludes halogenated alkanes) is 1. The van der Waals surface area contributed by atoms with Crippen LogP contribution in [0, 0.1) is 0 Å². The summed E-state index contributed by atoms with van der Waals surface area (Å²) in [7, 11) is 2.68. The largest absolute Gasteiger partial charge is 0.500 e. The van der Waals surface area contributed by atoms with Gasteiger partial charge in [-0.25, -0.2) is 0 Å². The van der Waals surface area contributed by atoms with E-state index in [1.807, 2.05) is 0 Å². The van der Waals surface area contributed by atoms with E-state index in [9.17, 15) is 0 Å². The quantitative estimate of drug-likeness (QED) is 0.384. The zero-order valence-corrected chi connectivity index (χ0v) is 13.8. The second-order valence-electron chi connectivity index (χ2n) is 4.03. The first-order valence-electron chi connectivity index (χ1n) is 6.58. The van der Waals surface area contributed by atoms with Crippen molar-refractivity contribution in [3.8, 4) is 0 Å². The summed E-state index contributed by atoms with van der Waals surface area (Å²) in [5.74, 6) is 0. The molecule has 0 aromatic carbocycles. The number of aliphatic hydroxyl groups is 1. The molecule has 0 fully saturated rings. The van der Waals surface area contributed by atoms with Gasteiger partial charge in [-0.1, -0.05) is 26.7 Å². The van der Waals surface area contributed by atoms with Gasteiger partial charge in [-0.15, -0.1) is 0 Å². The molecule has 0 rings (SSSR count). The van der Waals surface area contributed by atoms with Gasteiger partial charge in [-0.3, -0.25) is 5.32 Å². The Morgan fingerprint density at radius 1 is 1.06 bits per heavy atom. The lowest BCUT2D eigenvalue weighted by Crippen LogP contribution is -2.42. The Bertz CT molecular complexity index is 158. The maximum atomic E-state index is 8.67. The Labute approximate surface area is 113 Å². The molecule has 0 saturated heterocycles. The average molecular weight is 281 g/mol. The van der Waals surface area contributed by atoms with E-state index in [1.165, 1.54) is 6.42 Å². The van der Waals surface area contributed by atoms with Gasteiger partial charge >= 0.3 is 8.80 Å². The molecule has 0 amide bonds. The van der Waals surface area contributed by atoms with Crippen LogP contribution in [0.15, 0.2) is 0 Å². The summed E-state index contributed by atoms with van der Waals surface area (Å²) in [6.45, 7) is 6.87. The Morgan fingerprint density at radius 3 is 1.78 bits per heavy atom. The van der Waals surface area contributed by atoms with Gasteiger partial charge < -0.3 is 18.4 Å². The van der Waals surface area contributed by atoms with Crippen LogP contribution < -0.4 is 5.32 Å². The van der Waals surface area contributed by atoms with Gasteiger partial charge in [0.15, 0.2) is 0 Å². The minimum atomic E-state index is -2.22. The summed E-state index contributed by atoms with van der Waals surface area (Å²) in [6, 6.07) is 0.885. The highest BCUT2D eigenvalue weighted by molar-refractivity contribution is 6.60. The van der Waals surface area contributed by atoms with Crippen molar-refractivity contribution in [1.29, 1.82) is 0 Å². The van der Waals surface area contributed by atoms with Gasteiger partial charge in [0.1, 0.15) is 6.23 Å². The molecule has 5 nitrogen and oxygen atoms in total. The van der Waals surface area contributed by atoms with Gasteiger partial charge in [-0.05, 0) is 19.9 Å². The first kappa shape index (κ1) is 20.3. The van der Waals surface area contributed by atoms with Crippen LogP contribution in [0.25, 0.3) is 0 Å². The summed E-state index contributed by atoms with van der Waals surface area (Å²) >= 11 is 0. The number of nitrogens with one attached hydrogen (secondary N) is 1. The summed E-state index contributed by atoms with van der Waals surface area (Å²) < 4.78 is 15.5. The molecule has 0 saturated carbocycles. The highest BCUT2D eigenvalue weighted by Crippen LogP contribution is 2.13. The lowest BCUT2D eigenvalue weighted by molar-refractivity contribution is 0.123. The van der Waals surface area contributed by atoms with Crippen molar-refractivity contribution in [2.24, 2.45) is 0 Å². The summed E-state index contributed by atoms with van der Waals surface area (Å²) in [5.41, 5.74) is 0. The van der Waals surface area contributed by atoms with Crippen molar-refractivity contribution in [2.75, 3.05) is 27.9 Å². The van der Waals surface area contributed by atoms with Crippen LogP contribution >= 0.6 is 0 Å². The number of hydrogen-bond acceptors (Lipinski definition) is 5. The van der Waals surface area contributed by atoms with Crippen LogP contribution in [0.1, 0.15) is 40.0 Å². The van der Waals surface area contributed by atoms with Crippen molar-refractivity contribution < 1.29 is 18.4 Å². The van der Waals surface area contributed by atoms with Crippen LogP contribution in [-0.2, 0) is 13.3 Å². The lowest BCUT2D eigenvalue weighted by atomic mass is 10.3. The molecule has 0 radical (unpaired) electrons. The molecular formula is C12H31NO4Si. The Balaban J connectivity index is 0. The van der Waals surface area contributed by atoms with Crippen molar-refractivity contribution >= 4 is 8.80 Å². The predicted molar refractivity (Wildman–Crippen MR) is 76.5 cm³/mol. The third-order valence-corrected chi connectivity index (χ3v) is 5.44. The first-order chi connectivity index (χ1) is 8.51. The summed E-state index contributed by atoms with van der Waals surface area (Å²) in [4.78, 5) is 0. The van der Waals surface area contributed by atoms with E-state index in [1.54, 1.807) is 28.3 Å². The zero-order valence-electron chi connectivity index (χ0n) is 12.8. The van der Waals surface area contributed by atoms with E-state index in [0.29, 0.717) is 0 Å². The minimum Gasteiger partial charge on any atom is -0.379 e. The minimum absolute atomic E-state index is 0.346. The molecule has 0 bridgehead atoms. The molecule has 2 N–H and O–H groups in total. The third kappa shape index (κ3) is 11.1. The smallest absolute Gasteiger partial charge is 0.379 e. The van der Waals surface area contributed by atoms with Gasteiger partial charge in [0.05, 0.1) is 0 Å². The Morgan fingerprint density at radius 2 is 1.56 bits per heavy atom. The molecule has 0 aromatic heterocycles. The second kappa shape index (κ2) is 13.4. The molecule has 18 heavy (non-hydrogen) atoms. The van der Waals surface area contributed by atoms with E-state index in [4.69, 9.17) is 18.4 Å². The van der Waals surface area contributed by atoms with Crippen molar-refractivity contribution in [3.63, 3.8) is 0 Å². The number of hydrogen-bond donors (Lipinski definition) is 2. The molecule has 1 atom stereocenters. The molecule has 6 heteroatoms. The molecule has 0 aliphatic heterocycles. The molecule has 0 heterocycles. The zero-order chi connectivity index (χ0) is 14.4. The fraction of sp³-hybridized carbons (Fsp3) is 1.00. The molecule has 0 aliphatic carbocycles. The molecular weight excluding hydrogens is 250 g/mol. The van der Waals surface area contributed by atoms with Crippen LogP contribution in [0.5, 0.6) is 0 Å². The van der Waals surface area contributed by atoms with Crippen molar-refractivity contribution in [2.45, 2.75) is 52.3 Å². The molecule has 0 spiro atoms. The third-order valence-electron chi connectivity index (χ3n) is 2.46. The Hall–Kier alpha value is 0.0169. The second-order valence-corrected chi connectivity index (χ2v) is 7.12. The average Bonchev–Trinajstić information content (AvgIpc) is 2.37. The topological polar surface area (TPSA) is 60.0 Å². The van der Waals surface area contributed by atoms with E-state index in [-0.39, 0.29) is 6.23 Å². The SMILES string of the molecule is CCCCNC(C)O.CCC[Si](OC)(OC)OC. The van der Waals surface area contributed by atoms with E-state index in [0.717, 1.165) is 25.4 Å². The maximum Gasteiger partial charge on any atom is 0.500 e. The van der Waals surface area contributed by atoms with Gasteiger partial charge in [0, 0.05) is 27.4 Å². The van der Waals surface area contributed by atoms with Crippen LogP contribution in [0.4, 0.5) is 0 Å². The van der Waals surface area contributed by atoms with E-state index < -0.39 is 8.80 Å². The molecule has 112 valence electrons. The van der Waals surface area contributed by atoms with Crippen LogP contribution in [-0.4, -0.2) is 48.0 Å². The Kier molecular flexibility index (Phi) is 15.2. The van der Waals surface area contributed by atoms with Crippen LogP contribution in [0.3, 0.4) is 0 Å². The van der Waals surface area contributed by atoms with E-state index >= 15 is 0 Å². The lowest BCUT2D eigenvalue weighted by Gasteiger charge is -2.23. The summed E-state index contributed by atoms with van der Waals surface area (Å²) in [5, 5.41) is 11.6. The van der Waals surface area contributed by atoms with Gasteiger partial charge in [-0.2, -0.15) is 0 Å². The number of rotatable bonds is 9. The number of aliphatic hydroxyl groups excluding tert-OH is 1. The highest BCUT2D eigenvalue weighted by Gasteiger charge is 2.36. The fourth-order valence-corrected chi connectivity index (χ4v) is 3.07. The predicted octanol–water partition coefficient (Wildman–Crippen LogP) is 1.99. The van der Waals surface area contributed by atoms with Gasteiger partial charge in [0.25, 0.3) is 0 Å². The fourth-order valence-electron chi connectivity index (χ4n) is 1.35. The van der Waals surface area contributed by atoms with Crippen molar-refractivity contribution in [1.82, 2.24) is 5.32 Å². The highest BCUT2D eigenvalue weighted by atomic mass is 28.4. The standard InChI is InChI=1S/C6H15NO.C6H16O3Si/c1-3-4-5-7-6(2)8;1-5-6-10(7-2,8-3)9-4/h6-8H,3-5H2,1-2H3;5-6H2,1-4H3. The van der Waals surface area contributed by atoms with Crippen molar-refractivity contribution in [3.05, 3.63) is 0 Å². The molecule has 1 unspecified atom stereocenters. The summed E-state index contributed by atoms with van der Waals surface area (Å²) in [6.07, 6.45) is 3.01. The monoisotopic (exact) mass is 281 g/mol. The maximum absolute atomic E-state index is 8.67. The van der Waals surface area contributed by atoms with Gasteiger partial charge in [0.2, 0.25) is 0 Å². The first-order valence-corrected chi connectivity index (χ1v) is 8.51.